The van der Waals surface area contributed by atoms with Crippen molar-refractivity contribution in [2.45, 2.75) is 76.3 Å². The summed E-state index contributed by atoms with van der Waals surface area (Å²) in [7, 11) is 0. The molecule has 2 N–H and O–H groups in total. The van der Waals surface area contributed by atoms with E-state index in [0.717, 1.165) is 5.92 Å². The largest absolute Gasteiger partial charge is 0.335 e. The van der Waals surface area contributed by atoms with E-state index in [1.54, 1.807) is 0 Å². The molecule has 2 saturated carbocycles. The third-order valence-electron chi connectivity index (χ3n) is 5.28. The predicted molar refractivity (Wildman–Crippen MR) is 72.4 cm³/mol. The first-order valence-electron chi connectivity index (χ1n) is 7.90. The van der Waals surface area contributed by atoms with Gasteiger partial charge in [0, 0.05) is 12.1 Å². The Hall–Kier alpha value is -0.730. The molecule has 2 aliphatic carbocycles. The number of hydrogen-bond acceptors (Lipinski definition) is 1. The van der Waals surface area contributed by atoms with Crippen molar-refractivity contribution in [1.82, 2.24) is 10.6 Å². The first kappa shape index (κ1) is 12.3. The van der Waals surface area contributed by atoms with Gasteiger partial charge in [0.25, 0.3) is 0 Å². The van der Waals surface area contributed by atoms with Gasteiger partial charge in [0.1, 0.15) is 0 Å². The van der Waals surface area contributed by atoms with Crippen molar-refractivity contribution < 1.29 is 4.79 Å². The van der Waals surface area contributed by atoms with Crippen molar-refractivity contribution in [2.75, 3.05) is 0 Å². The summed E-state index contributed by atoms with van der Waals surface area (Å²) in [4.78, 5) is 11.7. The lowest BCUT2D eigenvalue weighted by atomic mass is 9.74. The van der Waals surface area contributed by atoms with Gasteiger partial charge < -0.3 is 10.6 Å². The van der Waals surface area contributed by atoms with Crippen molar-refractivity contribution >= 4 is 6.03 Å². The zero-order chi connectivity index (χ0) is 12.4. The molecule has 3 nitrogen and oxygen atoms in total. The number of nitrogens with one attached hydrogen (secondary N) is 2. The van der Waals surface area contributed by atoms with Crippen LogP contribution in [0.15, 0.2) is 0 Å². The van der Waals surface area contributed by atoms with Crippen LogP contribution in [-0.2, 0) is 0 Å². The molecule has 3 heteroatoms. The molecular formula is C15H26N2O. The van der Waals surface area contributed by atoms with E-state index in [4.69, 9.17) is 0 Å². The lowest BCUT2D eigenvalue weighted by Crippen LogP contribution is -2.61. The van der Waals surface area contributed by atoms with Gasteiger partial charge in [-0.1, -0.05) is 44.9 Å². The Morgan fingerprint density at radius 3 is 2.44 bits per heavy atom. The summed E-state index contributed by atoms with van der Waals surface area (Å²) in [5, 5.41) is 6.35. The number of rotatable bonds is 2. The Bertz CT molecular complexity index is 299. The Labute approximate surface area is 110 Å². The molecule has 102 valence electrons. The molecule has 3 rings (SSSR count). The van der Waals surface area contributed by atoms with Crippen LogP contribution in [0.25, 0.3) is 0 Å². The van der Waals surface area contributed by atoms with Gasteiger partial charge in [-0.25, -0.2) is 4.79 Å². The van der Waals surface area contributed by atoms with Crippen molar-refractivity contribution in [1.29, 1.82) is 0 Å². The van der Waals surface area contributed by atoms with Crippen molar-refractivity contribution in [3.63, 3.8) is 0 Å². The summed E-state index contributed by atoms with van der Waals surface area (Å²) in [6, 6.07) is 0.993. The van der Waals surface area contributed by atoms with Crippen LogP contribution < -0.4 is 10.6 Å². The van der Waals surface area contributed by atoms with Crippen LogP contribution in [0.2, 0.25) is 0 Å². The highest BCUT2D eigenvalue weighted by atomic mass is 16.2. The first-order chi connectivity index (χ1) is 8.83. The number of carbonyl (C=O) groups is 1. The van der Waals surface area contributed by atoms with Crippen LogP contribution in [-0.4, -0.2) is 18.1 Å². The maximum absolute atomic E-state index is 11.7. The van der Waals surface area contributed by atoms with Gasteiger partial charge in [-0.3, -0.25) is 0 Å². The summed E-state index contributed by atoms with van der Waals surface area (Å²) in [5.74, 6) is 1.56. The molecule has 3 atom stereocenters. The second kappa shape index (κ2) is 5.50. The number of hydrogen-bond donors (Lipinski definition) is 2. The zero-order valence-corrected chi connectivity index (χ0v) is 11.3. The number of amides is 2. The summed E-state index contributed by atoms with van der Waals surface area (Å²) in [5.41, 5.74) is 0. The minimum atomic E-state index is 0.0824. The van der Waals surface area contributed by atoms with Gasteiger partial charge >= 0.3 is 6.03 Å². The highest BCUT2D eigenvalue weighted by Crippen LogP contribution is 2.35. The molecule has 1 saturated heterocycles. The molecule has 1 heterocycles. The van der Waals surface area contributed by atoms with Crippen LogP contribution in [0, 0.1) is 11.8 Å². The van der Waals surface area contributed by atoms with E-state index in [1.165, 1.54) is 64.2 Å². The second-order valence-electron chi connectivity index (χ2n) is 6.52. The maximum atomic E-state index is 11.7. The Kier molecular flexibility index (Phi) is 3.76. The van der Waals surface area contributed by atoms with E-state index >= 15 is 0 Å². The molecule has 0 aromatic rings. The van der Waals surface area contributed by atoms with Crippen LogP contribution in [0.3, 0.4) is 0 Å². The molecule has 0 spiro atoms. The summed E-state index contributed by atoms with van der Waals surface area (Å²) < 4.78 is 0. The Balaban J connectivity index is 1.62. The average Bonchev–Trinajstić information content (AvgIpc) is 2.40. The fraction of sp³-hybridized carbons (Fsp3) is 0.933. The van der Waals surface area contributed by atoms with E-state index in [-0.39, 0.29) is 6.03 Å². The molecule has 3 aliphatic rings. The van der Waals surface area contributed by atoms with Crippen LogP contribution in [0.1, 0.15) is 64.2 Å². The molecule has 2 amide bonds. The maximum Gasteiger partial charge on any atom is 0.315 e. The fourth-order valence-electron chi connectivity index (χ4n) is 4.32. The highest BCUT2D eigenvalue weighted by Gasteiger charge is 2.38. The fourth-order valence-corrected chi connectivity index (χ4v) is 4.32. The van der Waals surface area contributed by atoms with Gasteiger partial charge in [-0.15, -0.1) is 0 Å². The number of carbonyl (C=O) groups excluding carboxylic acids is 1. The summed E-state index contributed by atoms with van der Waals surface area (Å²) in [6.07, 6.45) is 13.4. The van der Waals surface area contributed by atoms with Gasteiger partial charge in [0.2, 0.25) is 0 Å². The topological polar surface area (TPSA) is 41.1 Å². The Morgan fingerprint density at radius 2 is 1.61 bits per heavy atom. The normalized spacial score (nSPS) is 37.6. The molecule has 3 unspecified atom stereocenters. The Morgan fingerprint density at radius 1 is 0.889 bits per heavy atom. The van der Waals surface area contributed by atoms with Crippen LogP contribution >= 0.6 is 0 Å². The van der Waals surface area contributed by atoms with Crippen molar-refractivity contribution in [2.24, 2.45) is 11.8 Å². The standard InChI is InChI=1S/C15H26N2O/c18-15-16-13-9-5-4-8-12(13)14(17-15)10-11-6-2-1-3-7-11/h11-14H,1-10H2,(H2,16,17,18). The molecule has 0 aromatic carbocycles. The van der Waals surface area contributed by atoms with Crippen LogP contribution in [0.5, 0.6) is 0 Å². The molecular weight excluding hydrogens is 224 g/mol. The SMILES string of the molecule is O=C1NC2CCCCC2C(CC2CCCCC2)N1. The lowest BCUT2D eigenvalue weighted by Gasteiger charge is -2.43. The third kappa shape index (κ3) is 2.65. The molecule has 0 bridgehead atoms. The highest BCUT2D eigenvalue weighted by molar-refractivity contribution is 5.75. The monoisotopic (exact) mass is 250 g/mol. The number of urea groups is 1. The van der Waals surface area contributed by atoms with E-state index in [0.29, 0.717) is 18.0 Å². The minimum absolute atomic E-state index is 0.0824. The second-order valence-corrected chi connectivity index (χ2v) is 6.52. The molecule has 0 aromatic heterocycles. The minimum Gasteiger partial charge on any atom is -0.335 e. The molecule has 0 radical (unpaired) electrons. The first-order valence-corrected chi connectivity index (χ1v) is 7.90. The van der Waals surface area contributed by atoms with Gasteiger partial charge in [0.15, 0.2) is 0 Å². The van der Waals surface area contributed by atoms with E-state index in [1.807, 2.05) is 0 Å². The molecule has 1 aliphatic heterocycles. The van der Waals surface area contributed by atoms with Crippen LogP contribution in [0.4, 0.5) is 4.79 Å². The smallest absolute Gasteiger partial charge is 0.315 e. The average molecular weight is 250 g/mol. The van der Waals surface area contributed by atoms with Gasteiger partial charge in [-0.05, 0) is 31.1 Å². The lowest BCUT2D eigenvalue weighted by molar-refractivity contribution is 0.142. The van der Waals surface area contributed by atoms with E-state index in [9.17, 15) is 4.79 Å². The quantitative estimate of drug-likeness (QED) is 0.776. The van der Waals surface area contributed by atoms with Crippen molar-refractivity contribution in [3.05, 3.63) is 0 Å². The number of fused-ring (bicyclic) bond motifs is 1. The van der Waals surface area contributed by atoms with Gasteiger partial charge in [0.05, 0.1) is 0 Å². The third-order valence-corrected chi connectivity index (χ3v) is 5.28. The molecule has 18 heavy (non-hydrogen) atoms. The molecule has 3 fully saturated rings. The predicted octanol–water partition coefficient (Wildman–Crippen LogP) is 3.20. The van der Waals surface area contributed by atoms with Gasteiger partial charge in [-0.2, -0.15) is 0 Å². The zero-order valence-electron chi connectivity index (χ0n) is 11.3. The summed E-state index contributed by atoms with van der Waals surface area (Å²) in [6.45, 7) is 0. The van der Waals surface area contributed by atoms with E-state index < -0.39 is 0 Å². The van der Waals surface area contributed by atoms with E-state index in [2.05, 4.69) is 10.6 Å². The summed E-state index contributed by atoms with van der Waals surface area (Å²) >= 11 is 0. The van der Waals surface area contributed by atoms with Crippen molar-refractivity contribution in [3.8, 4) is 0 Å².